The fraction of sp³-hybridized carbons (Fsp3) is 0.0714. The number of halogens is 2. The smallest absolute Gasteiger partial charge is 0.173 e. The summed E-state index contributed by atoms with van der Waals surface area (Å²) < 4.78 is 18.8. The first-order chi connectivity index (χ1) is 9.51. The molecule has 0 bridgehead atoms. The molecule has 0 heterocycles. The number of benzene rings is 2. The molecule has 0 aromatic heterocycles. The largest absolute Gasteiger partial charge is 0.457 e. The van der Waals surface area contributed by atoms with Gasteiger partial charge in [0.05, 0.1) is 5.56 Å². The van der Waals surface area contributed by atoms with Crippen LogP contribution in [0.15, 0.2) is 41.6 Å². The molecule has 0 saturated carbocycles. The summed E-state index contributed by atoms with van der Waals surface area (Å²) in [5.41, 5.74) is 6.41. The highest BCUT2D eigenvalue weighted by atomic mass is 35.5. The minimum Gasteiger partial charge on any atom is -0.457 e. The van der Waals surface area contributed by atoms with Gasteiger partial charge in [-0.05, 0) is 42.8 Å². The summed E-state index contributed by atoms with van der Waals surface area (Å²) in [6.45, 7) is 1.63. The van der Waals surface area contributed by atoms with Crippen molar-refractivity contribution in [3.63, 3.8) is 0 Å². The van der Waals surface area contributed by atoms with E-state index in [1.807, 2.05) is 0 Å². The lowest BCUT2D eigenvalue weighted by atomic mass is 10.2. The monoisotopic (exact) mass is 294 g/mol. The molecule has 4 nitrogen and oxygen atoms in total. The molecule has 6 heteroatoms. The van der Waals surface area contributed by atoms with Crippen LogP contribution in [0.2, 0.25) is 5.02 Å². The Bertz CT molecular complexity index is 674. The van der Waals surface area contributed by atoms with Gasteiger partial charge in [-0.3, -0.25) is 0 Å². The lowest BCUT2D eigenvalue weighted by Crippen LogP contribution is -2.14. The van der Waals surface area contributed by atoms with E-state index in [-0.39, 0.29) is 11.7 Å². The van der Waals surface area contributed by atoms with Crippen molar-refractivity contribution in [3.8, 4) is 11.5 Å². The summed E-state index contributed by atoms with van der Waals surface area (Å²) in [6, 6.07) is 9.04. The Balaban J connectivity index is 2.41. The van der Waals surface area contributed by atoms with Crippen molar-refractivity contribution in [3.05, 3.63) is 58.4 Å². The molecule has 20 heavy (non-hydrogen) atoms. The van der Waals surface area contributed by atoms with Crippen LogP contribution in [0.3, 0.4) is 0 Å². The maximum atomic E-state index is 13.2. The van der Waals surface area contributed by atoms with Gasteiger partial charge in [-0.1, -0.05) is 16.8 Å². The summed E-state index contributed by atoms with van der Waals surface area (Å²) in [6.07, 6.45) is 0. The van der Waals surface area contributed by atoms with E-state index < -0.39 is 0 Å². The molecular formula is C14H12ClFN2O2. The van der Waals surface area contributed by atoms with Crippen molar-refractivity contribution in [2.24, 2.45) is 10.9 Å². The van der Waals surface area contributed by atoms with E-state index in [0.717, 1.165) is 0 Å². The summed E-state index contributed by atoms with van der Waals surface area (Å²) in [7, 11) is 0. The zero-order valence-electron chi connectivity index (χ0n) is 10.6. The third-order valence-electron chi connectivity index (χ3n) is 2.68. The van der Waals surface area contributed by atoms with Crippen LogP contribution in [-0.2, 0) is 0 Å². The van der Waals surface area contributed by atoms with Crippen LogP contribution >= 0.6 is 11.6 Å². The molecule has 2 rings (SSSR count). The molecule has 0 fully saturated rings. The van der Waals surface area contributed by atoms with Crippen LogP contribution in [0.4, 0.5) is 4.39 Å². The van der Waals surface area contributed by atoms with Crippen LogP contribution in [-0.4, -0.2) is 11.0 Å². The predicted octanol–water partition coefficient (Wildman–Crippen LogP) is 3.67. The first kappa shape index (κ1) is 14.1. The Hall–Kier alpha value is -2.27. The second-order valence-corrected chi connectivity index (χ2v) is 4.58. The van der Waals surface area contributed by atoms with Crippen LogP contribution in [0, 0.1) is 12.7 Å². The van der Waals surface area contributed by atoms with Gasteiger partial charge in [0.15, 0.2) is 5.84 Å². The fourth-order valence-corrected chi connectivity index (χ4v) is 1.82. The van der Waals surface area contributed by atoms with Gasteiger partial charge in [0, 0.05) is 11.1 Å². The van der Waals surface area contributed by atoms with E-state index in [2.05, 4.69) is 5.16 Å². The number of hydrogen-bond acceptors (Lipinski definition) is 3. The Morgan fingerprint density at radius 3 is 2.70 bits per heavy atom. The summed E-state index contributed by atoms with van der Waals surface area (Å²) in [4.78, 5) is 0. The van der Waals surface area contributed by atoms with Crippen LogP contribution in [0.25, 0.3) is 0 Å². The standard InChI is InChI=1S/C14H12ClFN2O2/c1-8-6-10(3-5-12(8)16)20-13-7-9(15)2-4-11(13)14(17)18-19/h2-7,19H,1H3,(H2,17,18). The molecule has 0 aliphatic rings. The van der Waals surface area contributed by atoms with E-state index in [4.69, 9.17) is 27.3 Å². The normalized spacial score (nSPS) is 11.4. The number of oxime groups is 1. The topological polar surface area (TPSA) is 67.8 Å². The van der Waals surface area contributed by atoms with Gasteiger partial charge in [0.25, 0.3) is 0 Å². The molecule has 0 unspecified atom stereocenters. The van der Waals surface area contributed by atoms with Crippen molar-refractivity contribution in [2.75, 3.05) is 0 Å². The van der Waals surface area contributed by atoms with E-state index in [0.29, 0.717) is 27.6 Å². The average Bonchev–Trinajstić information content (AvgIpc) is 2.42. The Kier molecular flexibility index (Phi) is 4.10. The maximum Gasteiger partial charge on any atom is 0.173 e. The van der Waals surface area contributed by atoms with Gasteiger partial charge in [-0.15, -0.1) is 0 Å². The average molecular weight is 295 g/mol. The zero-order valence-corrected chi connectivity index (χ0v) is 11.4. The van der Waals surface area contributed by atoms with E-state index >= 15 is 0 Å². The van der Waals surface area contributed by atoms with Crippen molar-refractivity contribution in [1.82, 2.24) is 0 Å². The summed E-state index contributed by atoms with van der Waals surface area (Å²) >= 11 is 5.90. The Morgan fingerprint density at radius 1 is 1.30 bits per heavy atom. The Labute approximate surface area is 120 Å². The van der Waals surface area contributed by atoms with Crippen LogP contribution in [0.1, 0.15) is 11.1 Å². The number of hydrogen-bond donors (Lipinski definition) is 2. The summed E-state index contributed by atoms with van der Waals surface area (Å²) in [5, 5.41) is 12.1. The fourth-order valence-electron chi connectivity index (χ4n) is 1.65. The SMILES string of the molecule is Cc1cc(Oc2cc(Cl)ccc2/C(N)=N/O)ccc1F. The lowest BCUT2D eigenvalue weighted by molar-refractivity contribution is 0.318. The first-order valence-corrected chi connectivity index (χ1v) is 6.10. The highest BCUT2D eigenvalue weighted by Gasteiger charge is 2.11. The highest BCUT2D eigenvalue weighted by molar-refractivity contribution is 6.30. The second kappa shape index (κ2) is 5.79. The van der Waals surface area contributed by atoms with E-state index in [1.165, 1.54) is 18.2 Å². The summed E-state index contributed by atoms with van der Waals surface area (Å²) in [5.74, 6) is 0.326. The number of nitrogens with two attached hydrogens (primary N) is 1. The Morgan fingerprint density at radius 2 is 2.05 bits per heavy atom. The van der Waals surface area contributed by atoms with Crippen LogP contribution in [0.5, 0.6) is 11.5 Å². The van der Waals surface area contributed by atoms with E-state index in [1.54, 1.807) is 25.1 Å². The molecule has 3 N–H and O–H groups in total. The van der Waals surface area contributed by atoms with Gasteiger partial charge >= 0.3 is 0 Å². The molecular weight excluding hydrogens is 283 g/mol. The zero-order chi connectivity index (χ0) is 14.7. The molecule has 0 radical (unpaired) electrons. The van der Waals surface area contributed by atoms with Gasteiger partial charge in [-0.25, -0.2) is 4.39 Å². The molecule has 0 aliphatic heterocycles. The molecule has 2 aromatic rings. The molecule has 0 aliphatic carbocycles. The lowest BCUT2D eigenvalue weighted by Gasteiger charge is -2.11. The number of rotatable bonds is 3. The molecule has 2 aromatic carbocycles. The van der Waals surface area contributed by atoms with Gasteiger partial charge in [0.2, 0.25) is 0 Å². The van der Waals surface area contributed by atoms with E-state index in [9.17, 15) is 4.39 Å². The van der Waals surface area contributed by atoms with Crippen molar-refractivity contribution in [2.45, 2.75) is 6.92 Å². The third kappa shape index (κ3) is 3.00. The number of nitrogens with zero attached hydrogens (tertiary/aromatic N) is 1. The van der Waals surface area contributed by atoms with Gasteiger partial charge in [0.1, 0.15) is 17.3 Å². The van der Waals surface area contributed by atoms with Gasteiger partial charge in [-0.2, -0.15) is 0 Å². The maximum absolute atomic E-state index is 13.2. The van der Waals surface area contributed by atoms with Crippen molar-refractivity contribution in [1.29, 1.82) is 0 Å². The quantitative estimate of drug-likeness (QED) is 0.393. The highest BCUT2D eigenvalue weighted by Crippen LogP contribution is 2.29. The molecule has 0 spiro atoms. The number of amidine groups is 1. The molecule has 0 saturated heterocycles. The first-order valence-electron chi connectivity index (χ1n) is 5.72. The van der Waals surface area contributed by atoms with Crippen LogP contribution < -0.4 is 10.5 Å². The second-order valence-electron chi connectivity index (χ2n) is 4.14. The minimum atomic E-state index is -0.319. The van der Waals surface area contributed by atoms with Gasteiger partial charge < -0.3 is 15.7 Å². The van der Waals surface area contributed by atoms with Crippen molar-refractivity contribution >= 4 is 17.4 Å². The minimum absolute atomic E-state index is 0.101. The molecule has 0 amide bonds. The number of aryl methyl sites for hydroxylation is 1. The molecule has 104 valence electrons. The predicted molar refractivity (Wildman–Crippen MR) is 75.2 cm³/mol. The number of ether oxygens (including phenoxy) is 1. The third-order valence-corrected chi connectivity index (χ3v) is 2.92. The molecule has 0 atom stereocenters. The van der Waals surface area contributed by atoms with Crippen molar-refractivity contribution < 1.29 is 14.3 Å².